The molecular formula is C25H35N5O5. The zero-order chi connectivity index (χ0) is 25.4. The third-order valence-electron chi connectivity index (χ3n) is 6.13. The Kier molecular flexibility index (Phi) is 9.48. The van der Waals surface area contributed by atoms with E-state index in [0.29, 0.717) is 37.6 Å². The Balaban J connectivity index is 1.73. The van der Waals surface area contributed by atoms with Crippen LogP contribution in [0.3, 0.4) is 0 Å². The summed E-state index contributed by atoms with van der Waals surface area (Å²) in [5.41, 5.74) is 1.06. The lowest BCUT2D eigenvalue weighted by Gasteiger charge is -2.27. The number of benzene rings is 1. The lowest BCUT2D eigenvalue weighted by atomic mass is 9.93. The van der Waals surface area contributed by atoms with E-state index in [4.69, 9.17) is 9.47 Å². The molecular weight excluding hydrogens is 450 g/mol. The summed E-state index contributed by atoms with van der Waals surface area (Å²) >= 11 is 0. The van der Waals surface area contributed by atoms with Crippen LogP contribution in [0, 0.1) is 23.2 Å². The fraction of sp³-hybridized carbons (Fsp3) is 0.560. The number of carbonyl (C=O) groups is 2. The summed E-state index contributed by atoms with van der Waals surface area (Å²) in [7, 11) is 1.56. The molecule has 1 saturated heterocycles. The minimum absolute atomic E-state index is 0.0813. The van der Waals surface area contributed by atoms with Crippen molar-refractivity contribution >= 4 is 22.7 Å². The second-order valence-electron chi connectivity index (χ2n) is 9.35. The molecule has 2 amide bonds. The van der Waals surface area contributed by atoms with E-state index in [1.165, 1.54) is 0 Å². The van der Waals surface area contributed by atoms with Crippen LogP contribution in [0.25, 0.3) is 10.9 Å². The molecule has 1 aromatic carbocycles. The average Bonchev–Trinajstić information content (AvgIpc) is 3.12. The number of aliphatic hydroxyl groups excluding tert-OH is 1. The zero-order valence-electron chi connectivity index (χ0n) is 20.5. The fourth-order valence-corrected chi connectivity index (χ4v) is 4.31. The van der Waals surface area contributed by atoms with Gasteiger partial charge in [-0.3, -0.25) is 14.9 Å². The van der Waals surface area contributed by atoms with Crippen molar-refractivity contribution in [3.8, 4) is 11.8 Å². The summed E-state index contributed by atoms with van der Waals surface area (Å²) in [6.07, 6.45) is 0.228. The van der Waals surface area contributed by atoms with Gasteiger partial charge >= 0.3 is 0 Å². The third kappa shape index (κ3) is 7.18. The first-order valence-electron chi connectivity index (χ1n) is 12.0. The zero-order valence-corrected chi connectivity index (χ0v) is 20.5. The normalized spacial score (nSPS) is 18.8. The van der Waals surface area contributed by atoms with Crippen molar-refractivity contribution in [2.45, 2.75) is 51.3 Å². The quantitative estimate of drug-likeness (QED) is 0.321. The molecule has 5 N–H and O–H groups in total. The summed E-state index contributed by atoms with van der Waals surface area (Å²) in [5.74, 6) is -0.0232. The van der Waals surface area contributed by atoms with Crippen LogP contribution in [-0.2, 0) is 9.53 Å². The number of H-pyrrole nitrogens is 1. The summed E-state index contributed by atoms with van der Waals surface area (Å²) in [4.78, 5) is 29.4. The van der Waals surface area contributed by atoms with Crippen molar-refractivity contribution < 1.29 is 24.2 Å². The molecule has 1 fully saturated rings. The minimum atomic E-state index is -1.37. The van der Waals surface area contributed by atoms with E-state index in [1.807, 2.05) is 38.1 Å². The number of ether oxygens (including phenoxy) is 2. The maximum atomic E-state index is 13.2. The number of nitrogens with one attached hydrogen (secondary N) is 4. The van der Waals surface area contributed by atoms with Gasteiger partial charge in [0, 0.05) is 10.9 Å². The van der Waals surface area contributed by atoms with E-state index < -0.39 is 30.0 Å². The molecule has 190 valence electrons. The molecule has 1 aliphatic rings. The number of aromatic nitrogens is 1. The predicted molar refractivity (Wildman–Crippen MR) is 131 cm³/mol. The largest absolute Gasteiger partial charge is 0.496 e. The predicted octanol–water partition coefficient (Wildman–Crippen LogP) is 1.66. The van der Waals surface area contributed by atoms with Crippen molar-refractivity contribution in [3.63, 3.8) is 0 Å². The Labute approximate surface area is 205 Å². The molecule has 10 heteroatoms. The van der Waals surface area contributed by atoms with Crippen LogP contribution in [-0.4, -0.2) is 67.1 Å². The van der Waals surface area contributed by atoms with E-state index in [0.717, 1.165) is 23.9 Å². The molecule has 1 aromatic heterocycles. The average molecular weight is 486 g/mol. The molecule has 0 bridgehead atoms. The SMILES string of the molecule is COc1cccc2[nH]c(C(=O)NC(CC(C)C)C(=O)NC(CC3CCNCOC3)C(O)C#N)cc12. The second kappa shape index (κ2) is 12.5. The summed E-state index contributed by atoms with van der Waals surface area (Å²) in [6, 6.07) is 7.38. The summed E-state index contributed by atoms with van der Waals surface area (Å²) in [5, 5.41) is 29.1. The van der Waals surface area contributed by atoms with Gasteiger partial charge in [-0.1, -0.05) is 19.9 Å². The lowest BCUT2D eigenvalue weighted by molar-refractivity contribution is -0.124. The van der Waals surface area contributed by atoms with Crippen LogP contribution in [0.5, 0.6) is 5.75 Å². The molecule has 2 heterocycles. The van der Waals surface area contributed by atoms with E-state index >= 15 is 0 Å². The van der Waals surface area contributed by atoms with Gasteiger partial charge in [-0.2, -0.15) is 5.26 Å². The first-order valence-corrected chi connectivity index (χ1v) is 12.0. The molecule has 10 nitrogen and oxygen atoms in total. The van der Waals surface area contributed by atoms with Gasteiger partial charge in [0.15, 0.2) is 6.10 Å². The molecule has 35 heavy (non-hydrogen) atoms. The monoisotopic (exact) mass is 485 g/mol. The molecule has 0 radical (unpaired) electrons. The fourth-order valence-electron chi connectivity index (χ4n) is 4.31. The standard InChI is InChI=1S/C25H35N5O5/c1-15(2)9-20(30-25(33)21-11-17-18(28-21)5-4-6-23(17)34-3)24(32)29-19(22(31)12-26)10-16-7-8-27-14-35-13-16/h4-6,11,15-16,19-20,22,27-28,31H,7-10,13-14H2,1-3H3,(H,29,32)(H,30,33). The minimum Gasteiger partial charge on any atom is -0.496 e. The Bertz CT molecular complexity index is 1040. The van der Waals surface area contributed by atoms with Crippen LogP contribution in [0.15, 0.2) is 24.3 Å². The van der Waals surface area contributed by atoms with E-state index in [9.17, 15) is 20.0 Å². The van der Waals surface area contributed by atoms with Crippen molar-refractivity contribution in [2.75, 3.05) is 27.0 Å². The Morgan fingerprint density at radius 2 is 2.14 bits per heavy atom. The number of hydrogen-bond donors (Lipinski definition) is 5. The molecule has 4 unspecified atom stereocenters. The van der Waals surface area contributed by atoms with Gasteiger partial charge in [0.25, 0.3) is 5.91 Å². The first kappa shape index (κ1) is 26.5. The van der Waals surface area contributed by atoms with Gasteiger partial charge in [0.05, 0.1) is 32.6 Å². The highest BCUT2D eigenvalue weighted by Gasteiger charge is 2.30. The van der Waals surface area contributed by atoms with Crippen LogP contribution < -0.4 is 20.7 Å². The Hall–Kier alpha value is -3.13. The Morgan fingerprint density at radius 1 is 1.34 bits per heavy atom. The number of amides is 2. The van der Waals surface area contributed by atoms with Crippen LogP contribution in [0.2, 0.25) is 0 Å². The number of aliphatic hydroxyl groups is 1. The molecule has 1 aliphatic heterocycles. The van der Waals surface area contributed by atoms with Crippen molar-refractivity contribution in [1.29, 1.82) is 5.26 Å². The third-order valence-corrected chi connectivity index (χ3v) is 6.13. The highest BCUT2D eigenvalue weighted by Crippen LogP contribution is 2.26. The van der Waals surface area contributed by atoms with Gasteiger partial charge in [-0.25, -0.2) is 0 Å². The van der Waals surface area contributed by atoms with E-state index in [1.54, 1.807) is 13.2 Å². The van der Waals surface area contributed by atoms with Gasteiger partial charge in [0.2, 0.25) is 5.91 Å². The van der Waals surface area contributed by atoms with Gasteiger partial charge in [-0.15, -0.1) is 0 Å². The van der Waals surface area contributed by atoms with E-state index in [-0.39, 0.29) is 11.8 Å². The number of rotatable bonds is 10. The summed E-state index contributed by atoms with van der Waals surface area (Å²) < 4.78 is 10.9. The number of carbonyl (C=O) groups excluding carboxylic acids is 2. The van der Waals surface area contributed by atoms with Crippen LogP contribution in [0.4, 0.5) is 0 Å². The highest BCUT2D eigenvalue weighted by molar-refractivity contribution is 6.01. The number of methoxy groups -OCH3 is 1. The second-order valence-corrected chi connectivity index (χ2v) is 9.35. The van der Waals surface area contributed by atoms with Crippen LogP contribution in [0.1, 0.15) is 43.6 Å². The smallest absolute Gasteiger partial charge is 0.268 e. The number of hydrogen-bond acceptors (Lipinski definition) is 7. The molecule has 0 spiro atoms. The first-order chi connectivity index (χ1) is 16.8. The summed E-state index contributed by atoms with van der Waals surface area (Å²) in [6.45, 7) is 5.61. The highest BCUT2D eigenvalue weighted by atomic mass is 16.5. The van der Waals surface area contributed by atoms with Crippen molar-refractivity contribution in [2.24, 2.45) is 11.8 Å². The number of nitriles is 1. The molecule has 0 saturated carbocycles. The maximum Gasteiger partial charge on any atom is 0.268 e. The number of nitrogens with zero attached hydrogens (tertiary/aromatic N) is 1. The molecule has 4 atom stereocenters. The maximum absolute atomic E-state index is 13.2. The Morgan fingerprint density at radius 3 is 2.86 bits per heavy atom. The van der Waals surface area contributed by atoms with Crippen molar-refractivity contribution in [1.82, 2.24) is 20.9 Å². The van der Waals surface area contributed by atoms with Gasteiger partial charge in [0.1, 0.15) is 17.5 Å². The molecule has 3 rings (SSSR count). The lowest BCUT2D eigenvalue weighted by Crippen LogP contribution is -2.53. The van der Waals surface area contributed by atoms with Gasteiger partial charge < -0.3 is 30.2 Å². The molecule has 0 aliphatic carbocycles. The molecule has 2 aromatic rings. The van der Waals surface area contributed by atoms with Crippen LogP contribution >= 0.6 is 0 Å². The van der Waals surface area contributed by atoms with Crippen molar-refractivity contribution in [3.05, 3.63) is 30.0 Å². The topological polar surface area (TPSA) is 148 Å². The number of aromatic amines is 1. The number of fused-ring (bicyclic) bond motifs is 1. The van der Waals surface area contributed by atoms with Gasteiger partial charge in [-0.05, 0) is 55.8 Å². The van der Waals surface area contributed by atoms with E-state index in [2.05, 4.69) is 20.9 Å².